The lowest BCUT2D eigenvalue weighted by molar-refractivity contribution is 0.0296. The molecular formula is C15H30N2O3. The monoisotopic (exact) mass is 286 g/mol. The van der Waals surface area contributed by atoms with Crippen molar-refractivity contribution >= 4 is 6.09 Å². The number of hydrogen-bond donors (Lipinski definition) is 2. The van der Waals surface area contributed by atoms with Crippen LogP contribution in [-0.2, 0) is 4.74 Å². The third-order valence-electron chi connectivity index (χ3n) is 3.51. The van der Waals surface area contributed by atoms with E-state index < -0.39 is 5.60 Å². The minimum absolute atomic E-state index is 0.105. The number of carbonyl (C=O) groups is 1. The lowest BCUT2D eigenvalue weighted by atomic mass is 9.93. The van der Waals surface area contributed by atoms with Crippen LogP contribution in [0.2, 0.25) is 0 Å². The maximum absolute atomic E-state index is 11.7. The number of nitrogens with zero attached hydrogens (tertiary/aromatic N) is 1. The quantitative estimate of drug-likeness (QED) is 0.760. The molecule has 0 atom stereocenters. The normalized spacial score (nSPS) is 23.4. The number of ether oxygens (including phenoxy) is 1. The number of aliphatic hydroxyl groups excluding tert-OH is 1. The maximum atomic E-state index is 11.7. The highest BCUT2D eigenvalue weighted by molar-refractivity contribution is 5.67. The van der Waals surface area contributed by atoms with Crippen LogP contribution in [-0.4, -0.2) is 54.0 Å². The summed E-state index contributed by atoms with van der Waals surface area (Å²) in [6, 6.07) is 0.519. The van der Waals surface area contributed by atoms with Crippen LogP contribution in [0.25, 0.3) is 0 Å². The van der Waals surface area contributed by atoms with E-state index in [0.29, 0.717) is 12.6 Å². The molecule has 1 aliphatic rings. The first-order valence-corrected chi connectivity index (χ1v) is 7.63. The molecule has 5 heteroatoms. The molecule has 0 heterocycles. The smallest absolute Gasteiger partial charge is 0.410 e. The fourth-order valence-electron chi connectivity index (χ4n) is 2.33. The van der Waals surface area contributed by atoms with Crippen LogP contribution in [0.1, 0.15) is 52.9 Å². The predicted octanol–water partition coefficient (Wildman–Crippen LogP) is 2.14. The zero-order chi connectivity index (χ0) is 15.2. The molecule has 0 unspecified atom stereocenters. The second kappa shape index (κ2) is 7.84. The zero-order valence-corrected chi connectivity index (χ0v) is 13.3. The summed E-state index contributed by atoms with van der Waals surface area (Å²) in [6.45, 7) is 7.21. The van der Waals surface area contributed by atoms with Crippen LogP contribution >= 0.6 is 0 Å². The first-order chi connectivity index (χ1) is 9.28. The molecule has 0 aromatic carbocycles. The third-order valence-corrected chi connectivity index (χ3v) is 3.51. The molecule has 1 amide bonds. The van der Waals surface area contributed by atoms with Gasteiger partial charge in [0, 0.05) is 19.6 Å². The second-order valence-corrected chi connectivity index (χ2v) is 6.72. The average Bonchev–Trinajstić information content (AvgIpc) is 2.34. The summed E-state index contributed by atoms with van der Waals surface area (Å²) in [6.07, 6.45) is 4.43. The molecule has 2 N–H and O–H groups in total. The van der Waals surface area contributed by atoms with Gasteiger partial charge in [0.1, 0.15) is 5.60 Å². The van der Waals surface area contributed by atoms with Crippen molar-refractivity contribution in [1.82, 2.24) is 10.2 Å². The number of amides is 1. The van der Waals surface area contributed by atoms with Gasteiger partial charge < -0.3 is 20.1 Å². The van der Waals surface area contributed by atoms with Crippen molar-refractivity contribution in [2.24, 2.45) is 0 Å². The highest BCUT2D eigenvalue weighted by Crippen LogP contribution is 2.18. The second-order valence-electron chi connectivity index (χ2n) is 6.72. The van der Waals surface area contributed by atoms with Crippen molar-refractivity contribution in [3.05, 3.63) is 0 Å². The van der Waals surface area contributed by atoms with Gasteiger partial charge in [-0.3, -0.25) is 0 Å². The standard InChI is InChI=1S/C15H30N2O3/c1-15(2,3)20-14(19)17(4)11-5-10-16-12-6-8-13(18)9-7-12/h12-13,16,18H,5-11H2,1-4H3. The number of hydrogen-bond acceptors (Lipinski definition) is 4. The van der Waals surface area contributed by atoms with E-state index in [0.717, 1.165) is 38.6 Å². The van der Waals surface area contributed by atoms with Gasteiger partial charge in [-0.25, -0.2) is 4.79 Å². The minimum atomic E-state index is -0.438. The molecular weight excluding hydrogens is 256 g/mol. The van der Waals surface area contributed by atoms with Crippen LogP contribution in [0.3, 0.4) is 0 Å². The lowest BCUT2D eigenvalue weighted by Crippen LogP contribution is -2.38. The first kappa shape index (κ1) is 17.2. The molecule has 0 aromatic heterocycles. The van der Waals surface area contributed by atoms with Gasteiger partial charge >= 0.3 is 6.09 Å². The van der Waals surface area contributed by atoms with Crippen LogP contribution in [0.4, 0.5) is 4.79 Å². The highest BCUT2D eigenvalue weighted by Gasteiger charge is 2.20. The molecule has 20 heavy (non-hydrogen) atoms. The summed E-state index contributed by atoms with van der Waals surface area (Å²) in [5, 5.41) is 12.9. The molecule has 1 aliphatic carbocycles. The maximum Gasteiger partial charge on any atom is 0.410 e. The Labute approximate surface area is 122 Å². The van der Waals surface area contributed by atoms with Crippen molar-refractivity contribution in [2.45, 2.75) is 70.6 Å². The largest absolute Gasteiger partial charge is 0.444 e. The molecule has 1 fully saturated rings. The summed E-state index contributed by atoms with van der Waals surface area (Å²) in [4.78, 5) is 13.4. The van der Waals surface area contributed by atoms with Gasteiger partial charge in [-0.05, 0) is 59.4 Å². The van der Waals surface area contributed by atoms with Gasteiger partial charge in [0.05, 0.1) is 6.10 Å². The Balaban J connectivity index is 2.10. The van der Waals surface area contributed by atoms with E-state index in [1.807, 2.05) is 20.8 Å². The number of aliphatic hydroxyl groups is 1. The molecule has 1 rings (SSSR count). The Hall–Kier alpha value is -0.810. The van der Waals surface area contributed by atoms with Crippen LogP contribution in [0.15, 0.2) is 0 Å². The zero-order valence-electron chi connectivity index (χ0n) is 13.3. The first-order valence-electron chi connectivity index (χ1n) is 7.63. The summed E-state index contributed by atoms with van der Waals surface area (Å²) < 4.78 is 5.30. The Morgan fingerprint density at radius 2 is 1.90 bits per heavy atom. The number of rotatable bonds is 5. The molecule has 1 saturated carbocycles. The van der Waals surface area contributed by atoms with Gasteiger partial charge in [0.15, 0.2) is 0 Å². The molecule has 5 nitrogen and oxygen atoms in total. The van der Waals surface area contributed by atoms with E-state index in [1.54, 1.807) is 11.9 Å². The van der Waals surface area contributed by atoms with Gasteiger partial charge in [0.2, 0.25) is 0 Å². The molecule has 0 radical (unpaired) electrons. The van der Waals surface area contributed by atoms with E-state index in [9.17, 15) is 9.90 Å². The topological polar surface area (TPSA) is 61.8 Å². The van der Waals surface area contributed by atoms with Crippen molar-refractivity contribution in [3.8, 4) is 0 Å². The molecule has 0 bridgehead atoms. The summed E-state index contributed by atoms with van der Waals surface area (Å²) >= 11 is 0. The van der Waals surface area contributed by atoms with Crippen LogP contribution < -0.4 is 5.32 Å². The third kappa shape index (κ3) is 7.10. The van der Waals surface area contributed by atoms with Crippen molar-refractivity contribution in [2.75, 3.05) is 20.1 Å². The van der Waals surface area contributed by atoms with Crippen LogP contribution in [0, 0.1) is 0 Å². The SMILES string of the molecule is CN(CCCNC1CCC(O)CC1)C(=O)OC(C)(C)C. The Morgan fingerprint density at radius 1 is 1.30 bits per heavy atom. The number of carbonyl (C=O) groups excluding carboxylic acids is 1. The number of nitrogens with one attached hydrogen (secondary N) is 1. The van der Waals surface area contributed by atoms with Gasteiger partial charge in [-0.2, -0.15) is 0 Å². The highest BCUT2D eigenvalue weighted by atomic mass is 16.6. The fourth-order valence-corrected chi connectivity index (χ4v) is 2.33. The molecule has 118 valence electrons. The van der Waals surface area contributed by atoms with E-state index in [4.69, 9.17) is 4.74 Å². The van der Waals surface area contributed by atoms with Gasteiger partial charge in [-0.1, -0.05) is 0 Å². The Morgan fingerprint density at radius 3 is 2.45 bits per heavy atom. The van der Waals surface area contributed by atoms with E-state index >= 15 is 0 Å². The van der Waals surface area contributed by atoms with E-state index in [-0.39, 0.29) is 12.2 Å². The fraction of sp³-hybridized carbons (Fsp3) is 0.933. The Bertz CT molecular complexity index is 294. The molecule has 0 aliphatic heterocycles. The minimum Gasteiger partial charge on any atom is -0.444 e. The molecule has 0 saturated heterocycles. The van der Waals surface area contributed by atoms with Gasteiger partial charge in [0.25, 0.3) is 0 Å². The summed E-state index contributed by atoms with van der Waals surface area (Å²) in [5.74, 6) is 0. The van der Waals surface area contributed by atoms with Crippen LogP contribution in [0.5, 0.6) is 0 Å². The lowest BCUT2D eigenvalue weighted by Gasteiger charge is -2.27. The summed E-state index contributed by atoms with van der Waals surface area (Å²) in [5.41, 5.74) is -0.438. The molecule has 0 spiro atoms. The Kier molecular flexibility index (Phi) is 6.76. The van der Waals surface area contributed by atoms with E-state index in [1.165, 1.54) is 0 Å². The predicted molar refractivity (Wildman–Crippen MR) is 79.7 cm³/mol. The summed E-state index contributed by atoms with van der Waals surface area (Å²) in [7, 11) is 1.77. The average molecular weight is 286 g/mol. The van der Waals surface area contributed by atoms with Crippen molar-refractivity contribution in [3.63, 3.8) is 0 Å². The molecule has 0 aromatic rings. The van der Waals surface area contributed by atoms with Gasteiger partial charge in [-0.15, -0.1) is 0 Å². The van der Waals surface area contributed by atoms with E-state index in [2.05, 4.69) is 5.32 Å². The van der Waals surface area contributed by atoms with Crippen molar-refractivity contribution < 1.29 is 14.6 Å². The van der Waals surface area contributed by atoms with Crippen molar-refractivity contribution in [1.29, 1.82) is 0 Å².